The Hall–Kier alpha value is -6.26. The van der Waals surface area contributed by atoms with Crippen molar-refractivity contribution in [1.29, 1.82) is 0 Å². The summed E-state index contributed by atoms with van der Waals surface area (Å²) in [6, 6.07) is 45.5. The second-order valence-electron chi connectivity index (χ2n) is 20.6. The molecule has 11 rings (SSSR count). The number of aromatic nitrogens is 3. The minimum atomic E-state index is -2.44. The predicted octanol–water partition coefficient (Wildman–Crippen LogP) is 13.3. The Morgan fingerprint density at radius 2 is 1.21 bits per heavy atom. The van der Waals surface area contributed by atoms with Crippen LogP contribution >= 0.6 is 0 Å². The van der Waals surface area contributed by atoms with Crippen LogP contribution in [0.25, 0.3) is 72.7 Å². The van der Waals surface area contributed by atoms with Crippen LogP contribution in [0.1, 0.15) is 99.8 Å². The number of para-hydroxylation sites is 2. The number of nitrogens with zero attached hydrogens (tertiary/aromatic N) is 3. The van der Waals surface area contributed by atoms with Crippen molar-refractivity contribution in [2.24, 2.45) is 0 Å². The molecule has 1 atom stereocenters. The van der Waals surface area contributed by atoms with Gasteiger partial charge >= 0.3 is 11.7 Å². The number of pyridine rings is 1. The largest absolute Gasteiger partial charge is 0.499 e. The van der Waals surface area contributed by atoms with Gasteiger partial charge in [0.05, 0.1) is 5.56 Å². The molecule has 0 saturated heterocycles. The maximum Gasteiger partial charge on any atom is 0.499 e. The van der Waals surface area contributed by atoms with Crippen molar-refractivity contribution >= 4 is 11.0 Å². The molecule has 1 spiro atoms. The fourth-order valence-corrected chi connectivity index (χ4v) is 9.95. The van der Waals surface area contributed by atoms with Gasteiger partial charge in [-0.05, 0) is 123 Å². The first-order chi connectivity index (χ1) is 30.1. The lowest BCUT2D eigenvalue weighted by Gasteiger charge is -2.32. The topological polar surface area (TPSA) is 21.9 Å². The highest BCUT2D eigenvalue weighted by molar-refractivity contribution is 5.98. The molecule has 5 heterocycles. The van der Waals surface area contributed by atoms with Gasteiger partial charge in [0, 0.05) is 27.4 Å². The average Bonchev–Trinajstić information content (AvgIpc) is 3.73. The summed E-state index contributed by atoms with van der Waals surface area (Å²) < 4.78 is 42.1. The Bertz CT molecular complexity index is 3260. The molecule has 0 fully saturated rings. The molecule has 0 saturated carbocycles. The zero-order valence-electron chi connectivity index (χ0n) is 40.0. The molecular weight excluding hydrogens is 743 g/mol. The third-order valence-corrected chi connectivity index (χ3v) is 13.4. The van der Waals surface area contributed by atoms with Crippen LogP contribution in [0, 0.1) is 13.8 Å². The van der Waals surface area contributed by atoms with Crippen molar-refractivity contribution < 1.29 is 18.0 Å². The highest BCUT2D eigenvalue weighted by Crippen LogP contribution is 2.54. The first kappa shape index (κ1) is 34.5. The lowest BCUT2D eigenvalue weighted by Crippen LogP contribution is -2.78. The quantitative estimate of drug-likeness (QED) is 0.163. The first-order valence-electron chi connectivity index (χ1n) is 23.2. The summed E-state index contributed by atoms with van der Waals surface area (Å²) in [5, 5.41) is 0. The van der Waals surface area contributed by atoms with Gasteiger partial charge in [0.15, 0.2) is 17.2 Å². The molecule has 0 radical (unpaired) electrons. The van der Waals surface area contributed by atoms with Crippen LogP contribution in [0.15, 0.2) is 134 Å². The van der Waals surface area contributed by atoms with E-state index in [2.05, 4.69) is 192 Å². The first-order valence-corrected chi connectivity index (χ1v) is 21.7. The summed E-state index contributed by atoms with van der Waals surface area (Å²) in [5.74, 6) is 0.447. The highest BCUT2D eigenvalue weighted by atomic mass is 16.5. The number of hydrogen-bond acceptors (Lipinski definition) is 1. The summed E-state index contributed by atoms with van der Waals surface area (Å²) in [6.07, 6.45) is 2.19. The van der Waals surface area contributed by atoms with E-state index in [9.17, 15) is 4.11 Å². The van der Waals surface area contributed by atoms with Gasteiger partial charge in [-0.15, -0.1) is 9.13 Å². The Labute approximate surface area is 365 Å². The molecule has 8 aromatic rings. The Kier molecular flexibility index (Phi) is 7.01. The van der Waals surface area contributed by atoms with Gasteiger partial charge in [0.2, 0.25) is 5.69 Å². The van der Waals surface area contributed by atoms with Crippen LogP contribution in [0.2, 0.25) is 0 Å². The molecular formula is C57H55N3O+2. The summed E-state index contributed by atoms with van der Waals surface area (Å²) in [7, 11) is 0. The second-order valence-corrected chi connectivity index (χ2v) is 20.6. The zero-order chi connectivity index (χ0) is 45.0. The van der Waals surface area contributed by atoms with Gasteiger partial charge in [-0.3, -0.25) is 0 Å². The van der Waals surface area contributed by atoms with Crippen LogP contribution in [-0.4, -0.2) is 4.57 Å². The molecule has 4 heteroatoms. The number of fused-ring (bicyclic) bond motifs is 5. The fraction of sp³-hybridized carbons (Fsp3) is 0.263. The molecule has 61 heavy (non-hydrogen) atoms. The molecule has 2 aromatic heterocycles. The van der Waals surface area contributed by atoms with E-state index in [0.29, 0.717) is 11.3 Å². The van der Waals surface area contributed by atoms with Crippen LogP contribution in [0.5, 0.6) is 5.75 Å². The minimum Gasteiger partial charge on any atom is -0.392 e. The van der Waals surface area contributed by atoms with Crippen LogP contribution in [-0.2, 0) is 22.1 Å². The van der Waals surface area contributed by atoms with E-state index in [-0.39, 0.29) is 16.2 Å². The molecule has 0 amide bonds. The molecule has 0 bridgehead atoms. The highest BCUT2D eigenvalue weighted by Gasteiger charge is 2.68. The number of ether oxygens (including phenoxy) is 1. The Morgan fingerprint density at radius 1 is 0.574 bits per heavy atom. The number of imidazole rings is 1. The van der Waals surface area contributed by atoms with Gasteiger partial charge in [0.1, 0.15) is 22.6 Å². The molecule has 6 aromatic carbocycles. The number of aryl methyl sites for hydroxylation is 2. The third kappa shape index (κ3) is 5.37. The van der Waals surface area contributed by atoms with Gasteiger partial charge in [0.25, 0.3) is 0 Å². The standard InChI is InChI=1S/C57H55N3O/c1-34-19-21-36(22-20-34)38-25-26-58-49(30-38)46-33-42(56(9,10)11)32-45-43-16-14-17-48-52(43)60-53(44-15-12-13-18-50(44)61-57(58,60)51(45)46)59(48)47-24-23-37(27-35(47)2)39-28-40(54(3,4)5)31-41(29-39)55(6,7)8/h12-33H,1-11H3/q+2/i2D3. The van der Waals surface area contributed by atoms with E-state index in [1.165, 1.54) is 22.3 Å². The maximum absolute atomic E-state index is 9.20. The lowest BCUT2D eigenvalue weighted by molar-refractivity contribution is -0.997. The van der Waals surface area contributed by atoms with Crippen molar-refractivity contribution in [1.82, 2.24) is 4.57 Å². The van der Waals surface area contributed by atoms with E-state index in [1.54, 1.807) is 0 Å². The van der Waals surface area contributed by atoms with E-state index in [1.807, 2.05) is 24.3 Å². The molecule has 302 valence electrons. The smallest absolute Gasteiger partial charge is 0.392 e. The van der Waals surface area contributed by atoms with Crippen molar-refractivity contribution in [3.05, 3.63) is 167 Å². The molecule has 1 unspecified atom stereocenters. The predicted molar refractivity (Wildman–Crippen MR) is 250 cm³/mol. The van der Waals surface area contributed by atoms with Gasteiger partial charge in [-0.1, -0.05) is 135 Å². The molecule has 4 nitrogen and oxygen atoms in total. The number of hydrogen-bond donors (Lipinski definition) is 0. The van der Waals surface area contributed by atoms with Crippen LogP contribution < -0.4 is 13.9 Å². The molecule has 0 N–H and O–H groups in total. The molecule has 3 aliphatic heterocycles. The fourth-order valence-electron chi connectivity index (χ4n) is 9.95. The minimum absolute atomic E-state index is 0.0945. The van der Waals surface area contributed by atoms with Gasteiger partial charge in [-0.2, -0.15) is 4.57 Å². The normalized spacial score (nSPS) is 16.9. The van der Waals surface area contributed by atoms with Crippen LogP contribution in [0.4, 0.5) is 0 Å². The van der Waals surface area contributed by atoms with Crippen molar-refractivity contribution in [2.75, 3.05) is 0 Å². The Balaban J connectivity index is 1.25. The lowest BCUT2D eigenvalue weighted by atomic mass is 9.79. The van der Waals surface area contributed by atoms with Crippen molar-refractivity contribution in [3.8, 4) is 67.5 Å². The summed E-state index contributed by atoms with van der Waals surface area (Å²) >= 11 is 0. The Morgan fingerprint density at radius 3 is 1.92 bits per heavy atom. The zero-order valence-corrected chi connectivity index (χ0v) is 37.0. The molecule has 0 aliphatic carbocycles. The number of benzene rings is 6. The van der Waals surface area contributed by atoms with E-state index in [0.717, 1.165) is 78.4 Å². The van der Waals surface area contributed by atoms with E-state index < -0.39 is 12.7 Å². The average molecular weight is 801 g/mol. The van der Waals surface area contributed by atoms with Gasteiger partial charge < -0.3 is 4.74 Å². The van der Waals surface area contributed by atoms with E-state index >= 15 is 0 Å². The summed E-state index contributed by atoms with van der Waals surface area (Å²) in [4.78, 5) is 0. The van der Waals surface area contributed by atoms with Gasteiger partial charge in [-0.25, -0.2) is 0 Å². The third-order valence-electron chi connectivity index (χ3n) is 13.4. The summed E-state index contributed by atoms with van der Waals surface area (Å²) in [6.45, 7) is 19.9. The monoisotopic (exact) mass is 800 g/mol. The van der Waals surface area contributed by atoms with Crippen molar-refractivity contribution in [2.45, 2.75) is 98.2 Å². The second kappa shape index (κ2) is 12.4. The summed E-state index contributed by atoms with van der Waals surface area (Å²) in [5.41, 5.74) is 17.9. The SMILES string of the molecule is [2H]C([2H])([2H])c1cc(-c2cc(C(C)(C)C)cc(C(C)(C)C)c2)ccc1-n1c2[n+]3c4c(cccc41)-c1cc(C(C)(C)C)cc4c1C3(Oc1ccccc1-2)[n+]1ccc(-c2ccc(C)cc2)cc1-4. The van der Waals surface area contributed by atoms with Crippen molar-refractivity contribution in [3.63, 3.8) is 0 Å². The van der Waals surface area contributed by atoms with Crippen LogP contribution in [0.3, 0.4) is 0 Å². The maximum atomic E-state index is 9.20. The number of rotatable bonds is 3. The van der Waals surface area contributed by atoms with E-state index in [4.69, 9.17) is 4.74 Å². The molecule has 3 aliphatic rings.